The topological polar surface area (TPSA) is 21.3 Å². The third-order valence-electron chi connectivity index (χ3n) is 3.62. The van der Waals surface area contributed by atoms with Gasteiger partial charge in [-0.3, -0.25) is 0 Å². The van der Waals surface area contributed by atoms with Crippen molar-refractivity contribution in [3.05, 3.63) is 35.6 Å². The first-order valence-electron chi connectivity index (χ1n) is 6.21. The third kappa shape index (κ3) is 2.50. The number of hydrogen-bond acceptors (Lipinski definition) is 2. The van der Waals surface area contributed by atoms with Crippen LogP contribution in [0.3, 0.4) is 0 Å². The zero-order chi connectivity index (χ0) is 12.5. The van der Waals surface area contributed by atoms with Gasteiger partial charge in [-0.1, -0.05) is 25.1 Å². The van der Waals surface area contributed by atoms with Crippen LogP contribution < -0.4 is 5.32 Å². The summed E-state index contributed by atoms with van der Waals surface area (Å²) in [6, 6.07) is 6.99. The van der Waals surface area contributed by atoms with Crippen molar-refractivity contribution in [3.63, 3.8) is 0 Å². The van der Waals surface area contributed by atoms with Crippen LogP contribution in [0.4, 0.5) is 4.39 Å². The van der Waals surface area contributed by atoms with Gasteiger partial charge < -0.3 is 10.1 Å². The summed E-state index contributed by atoms with van der Waals surface area (Å²) in [4.78, 5) is 0. The molecule has 3 atom stereocenters. The average Bonchev–Trinajstić information content (AvgIpc) is 2.34. The molecule has 1 saturated heterocycles. The Hall–Kier alpha value is -0.930. The highest BCUT2D eigenvalue weighted by Crippen LogP contribution is 2.33. The third-order valence-corrected chi connectivity index (χ3v) is 3.62. The molecule has 94 valence electrons. The van der Waals surface area contributed by atoms with E-state index in [1.54, 1.807) is 12.1 Å². The van der Waals surface area contributed by atoms with E-state index in [9.17, 15) is 4.39 Å². The van der Waals surface area contributed by atoms with Gasteiger partial charge in [0.25, 0.3) is 0 Å². The molecule has 0 aliphatic carbocycles. The Labute approximate surface area is 102 Å². The SMILES string of the molecule is CCC1(C)CNC(C)C(c2ccccc2F)O1. The zero-order valence-corrected chi connectivity index (χ0v) is 10.7. The quantitative estimate of drug-likeness (QED) is 0.853. The Balaban J connectivity index is 2.27. The van der Waals surface area contributed by atoms with Crippen LogP contribution in [0.1, 0.15) is 38.9 Å². The normalized spacial score (nSPS) is 33.6. The summed E-state index contributed by atoms with van der Waals surface area (Å²) in [5.41, 5.74) is 0.436. The lowest BCUT2D eigenvalue weighted by Crippen LogP contribution is -2.53. The molecule has 17 heavy (non-hydrogen) atoms. The first kappa shape index (κ1) is 12.5. The number of rotatable bonds is 2. The molecule has 3 heteroatoms. The Kier molecular flexibility index (Phi) is 3.50. The minimum absolute atomic E-state index is 0.131. The van der Waals surface area contributed by atoms with E-state index in [0.29, 0.717) is 5.56 Å². The van der Waals surface area contributed by atoms with Crippen LogP contribution in [0, 0.1) is 5.82 Å². The lowest BCUT2D eigenvalue weighted by Gasteiger charge is -2.42. The molecule has 1 fully saturated rings. The minimum Gasteiger partial charge on any atom is -0.364 e. The molecule has 1 aliphatic rings. The van der Waals surface area contributed by atoms with E-state index in [-0.39, 0.29) is 23.6 Å². The molecular formula is C14H20FNO. The second-order valence-corrected chi connectivity index (χ2v) is 5.03. The number of ether oxygens (including phenoxy) is 1. The molecule has 2 rings (SSSR count). The van der Waals surface area contributed by atoms with E-state index in [0.717, 1.165) is 13.0 Å². The second kappa shape index (κ2) is 4.75. The highest BCUT2D eigenvalue weighted by Gasteiger charge is 2.36. The molecule has 0 bridgehead atoms. The Morgan fingerprint density at radius 2 is 2.18 bits per heavy atom. The van der Waals surface area contributed by atoms with Gasteiger partial charge in [-0.2, -0.15) is 0 Å². The molecule has 0 aromatic heterocycles. The summed E-state index contributed by atoms with van der Waals surface area (Å²) < 4.78 is 19.9. The van der Waals surface area contributed by atoms with Crippen molar-refractivity contribution in [1.82, 2.24) is 5.32 Å². The summed E-state index contributed by atoms with van der Waals surface area (Å²) >= 11 is 0. The van der Waals surface area contributed by atoms with Crippen molar-refractivity contribution < 1.29 is 9.13 Å². The molecule has 3 unspecified atom stereocenters. The van der Waals surface area contributed by atoms with Crippen LogP contribution in [0.2, 0.25) is 0 Å². The van der Waals surface area contributed by atoms with Gasteiger partial charge in [0.1, 0.15) is 11.9 Å². The predicted octanol–water partition coefficient (Wildman–Crippen LogP) is 3.04. The summed E-state index contributed by atoms with van der Waals surface area (Å²) in [6.07, 6.45) is 0.701. The average molecular weight is 237 g/mol. The molecule has 1 aliphatic heterocycles. The number of benzene rings is 1. The van der Waals surface area contributed by atoms with E-state index in [1.807, 2.05) is 13.0 Å². The maximum absolute atomic E-state index is 13.8. The summed E-state index contributed by atoms with van der Waals surface area (Å²) in [5, 5.41) is 3.41. The first-order valence-corrected chi connectivity index (χ1v) is 6.21. The van der Waals surface area contributed by atoms with Gasteiger partial charge in [0.2, 0.25) is 0 Å². The lowest BCUT2D eigenvalue weighted by atomic mass is 9.94. The van der Waals surface area contributed by atoms with Crippen molar-refractivity contribution in [2.45, 2.75) is 44.9 Å². The molecule has 0 spiro atoms. The zero-order valence-electron chi connectivity index (χ0n) is 10.7. The van der Waals surface area contributed by atoms with Gasteiger partial charge in [-0.15, -0.1) is 0 Å². The van der Waals surface area contributed by atoms with E-state index in [1.165, 1.54) is 6.07 Å². The molecule has 0 amide bonds. The molecule has 1 heterocycles. The van der Waals surface area contributed by atoms with E-state index in [2.05, 4.69) is 19.2 Å². The largest absolute Gasteiger partial charge is 0.364 e. The van der Waals surface area contributed by atoms with Crippen molar-refractivity contribution >= 4 is 0 Å². The molecule has 1 aromatic rings. The molecule has 0 saturated carbocycles. The van der Waals surface area contributed by atoms with Crippen molar-refractivity contribution in [2.24, 2.45) is 0 Å². The minimum atomic E-state index is -0.213. The number of hydrogen-bond donors (Lipinski definition) is 1. The highest BCUT2D eigenvalue weighted by molar-refractivity contribution is 5.22. The van der Waals surface area contributed by atoms with Crippen molar-refractivity contribution in [1.29, 1.82) is 0 Å². The molecular weight excluding hydrogens is 217 g/mol. The standard InChI is InChI=1S/C14H20FNO/c1-4-14(3)9-16-10(2)13(17-14)11-7-5-6-8-12(11)15/h5-8,10,13,16H,4,9H2,1-3H3. The van der Waals surface area contributed by atoms with Crippen molar-refractivity contribution in [2.75, 3.05) is 6.54 Å². The van der Waals surface area contributed by atoms with Crippen molar-refractivity contribution in [3.8, 4) is 0 Å². The molecule has 1 aromatic carbocycles. The maximum atomic E-state index is 13.8. The maximum Gasteiger partial charge on any atom is 0.129 e. The van der Waals surface area contributed by atoms with E-state index < -0.39 is 0 Å². The van der Waals surface area contributed by atoms with Gasteiger partial charge >= 0.3 is 0 Å². The number of morpholine rings is 1. The van der Waals surface area contributed by atoms with Crippen LogP contribution in [-0.2, 0) is 4.74 Å². The summed E-state index contributed by atoms with van der Waals surface area (Å²) in [6.45, 7) is 7.01. The molecule has 2 nitrogen and oxygen atoms in total. The van der Waals surface area contributed by atoms with Crippen LogP contribution in [0.25, 0.3) is 0 Å². The van der Waals surface area contributed by atoms with Gasteiger partial charge in [-0.25, -0.2) is 4.39 Å². The van der Waals surface area contributed by atoms with Crippen LogP contribution in [-0.4, -0.2) is 18.2 Å². The van der Waals surface area contributed by atoms with E-state index in [4.69, 9.17) is 4.74 Å². The fraction of sp³-hybridized carbons (Fsp3) is 0.571. The number of nitrogens with one attached hydrogen (secondary N) is 1. The summed E-state index contributed by atoms with van der Waals surface area (Å²) in [5.74, 6) is -0.188. The van der Waals surface area contributed by atoms with Gasteiger partial charge in [0.05, 0.1) is 5.60 Å². The van der Waals surface area contributed by atoms with Crippen LogP contribution in [0.5, 0.6) is 0 Å². The predicted molar refractivity (Wildman–Crippen MR) is 66.4 cm³/mol. The summed E-state index contributed by atoms with van der Waals surface area (Å²) in [7, 11) is 0. The van der Waals surface area contributed by atoms with Gasteiger partial charge in [0, 0.05) is 18.2 Å². The Morgan fingerprint density at radius 3 is 2.82 bits per heavy atom. The molecule has 0 radical (unpaired) electrons. The van der Waals surface area contributed by atoms with Crippen LogP contribution in [0.15, 0.2) is 24.3 Å². The Morgan fingerprint density at radius 1 is 1.47 bits per heavy atom. The van der Waals surface area contributed by atoms with E-state index >= 15 is 0 Å². The van der Waals surface area contributed by atoms with Gasteiger partial charge in [-0.05, 0) is 26.3 Å². The second-order valence-electron chi connectivity index (χ2n) is 5.03. The monoisotopic (exact) mass is 237 g/mol. The smallest absolute Gasteiger partial charge is 0.129 e. The Bertz CT molecular complexity index is 396. The fourth-order valence-electron chi connectivity index (χ4n) is 2.18. The fourth-order valence-corrected chi connectivity index (χ4v) is 2.18. The van der Waals surface area contributed by atoms with Gasteiger partial charge in [0.15, 0.2) is 0 Å². The van der Waals surface area contributed by atoms with Crippen LogP contribution >= 0.6 is 0 Å². The number of halogens is 1. The molecule has 1 N–H and O–H groups in total. The lowest BCUT2D eigenvalue weighted by molar-refractivity contribution is -0.128. The first-order chi connectivity index (χ1) is 8.06. The highest BCUT2D eigenvalue weighted by atomic mass is 19.1.